The number of halogens is 3. The van der Waals surface area contributed by atoms with Gasteiger partial charge < -0.3 is 5.32 Å². The summed E-state index contributed by atoms with van der Waals surface area (Å²) in [7, 11) is 5.21. The van der Waals surface area contributed by atoms with Crippen LogP contribution in [0.25, 0.3) is 0 Å². The average molecular weight is 393 g/mol. The highest BCUT2D eigenvalue weighted by Gasteiger charge is 2.50. The molecular weight excluding hydrogens is 370 g/mol. The maximum absolute atomic E-state index is 13.4. The van der Waals surface area contributed by atoms with Gasteiger partial charge in [0, 0.05) is 12.6 Å². The van der Waals surface area contributed by atoms with E-state index in [9.17, 15) is 22.8 Å². The number of fused-ring (bicyclic) bond motifs is 1. The van der Waals surface area contributed by atoms with Crippen molar-refractivity contribution in [1.82, 2.24) is 15.8 Å². The summed E-state index contributed by atoms with van der Waals surface area (Å²) < 4.78 is 38.7. The number of amides is 2. The molecule has 2 radical (unpaired) electrons. The molecule has 5 nitrogen and oxygen atoms in total. The lowest BCUT2D eigenvalue weighted by Crippen LogP contribution is -2.53. The molecule has 1 aromatic carbocycles. The predicted molar refractivity (Wildman–Crippen MR) is 98.0 cm³/mol. The van der Waals surface area contributed by atoms with Gasteiger partial charge in [0.25, 0.3) is 0 Å². The fourth-order valence-electron chi connectivity index (χ4n) is 4.31. The number of hydrogen-bond donors (Lipinski definition) is 2. The minimum absolute atomic E-state index is 0.0375. The van der Waals surface area contributed by atoms with Crippen molar-refractivity contribution in [2.45, 2.75) is 58.4 Å². The van der Waals surface area contributed by atoms with Crippen LogP contribution in [0.4, 0.5) is 18.0 Å². The first kappa shape index (κ1) is 20.7. The van der Waals surface area contributed by atoms with E-state index >= 15 is 0 Å². The van der Waals surface area contributed by atoms with Crippen LogP contribution in [0, 0.1) is 11.3 Å². The summed E-state index contributed by atoms with van der Waals surface area (Å²) >= 11 is 0. The summed E-state index contributed by atoms with van der Waals surface area (Å²) in [5.74, 6) is -0.667. The van der Waals surface area contributed by atoms with E-state index in [2.05, 4.69) is 10.7 Å². The van der Waals surface area contributed by atoms with Gasteiger partial charge in [-0.05, 0) is 48.4 Å². The van der Waals surface area contributed by atoms with E-state index in [0.29, 0.717) is 30.4 Å². The van der Waals surface area contributed by atoms with Gasteiger partial charge in [0.2, 0.25) is 13.8 Å². The molecule has 2 atom stereocenters. The molecule has 28 heavy (non-hydrogen) atoms. The number of hydrogen-bond acceptors (Lipinski definition) is 3. The molecule has 1 aromatic rings. The van der Waals surface area contributed by atoms with Crippen LogP contribution in [-0.4, -0.2) is 30.6 Å². The highest BCUT2D eigenvalue weighted by atomic mass is 19.4. The Labute approximate surface area is 163 Å². The normalized spacial score (nSPS) is 24.9. The number of nitrogens with one attached hydrogen (secondary N) is 2. The molecule has 0 aromatic heterocycles. The quantitative estimate of drug-likeness (QED) is 0.776. The number of alkyl halides is 3. The van der Waals surface area contributed by atoms with E-state index in [1.165, 1.54) is 11.1 Å². The summed E-state index contributed by atoms with van der Waals surface area (Å²) in [6.07, 6.45) is -2.63. The number of hydrazine groups is 1. The molecule has 0 saturated heterocycles. The third-order valence-electron chi connectivity index (χ3n) is 5.99. The first-order valence-electron chi connectivity index (χ1n) is 9.33. The smallest absolute Gasteiger partial charge is 0.363 e. The van der Waals surface area contributed by atoms with Crippen molar-refractivity contribution < 1.29 is 22.8 Å². The Balaban J connectivity index is 1.78. The van der Waals surface area contributed by atoms with Gasteiger partial charge >= 0.3 is 6.18 Å². The van der Waals surface area contributed by atoms with Crippen molar-refractivity contribution in [3.63, 3.8) is 0 Å². The molecule has 1 aliphatic carbocycles. The minimum Gasteiger partial charge on any atom is -0.363 e. The number of carbonyl (C=O) groups excluding carboxylic acids is 2. The third kappa shape index (κ3) is 3.90. The maximum Gasteiger partial charge on any atom is 0.416 e. The Bertz CT molecular complexity index is 784. The zero-order chi connectivity index (χ0) is 20.7. The molecule has 1 heterocycles. The van der Waals surface area contributed by atoms with Crippen LogP contribution in [0.15, 0.2) is 18.2 Å². The molecular formula is C19H23BF3N3O2. The fourth-order valence-corrected chi connectivity index (χ4v) is 4.31. The van der Waals surface area contributed by atoms with E-state index in [1.807, 2.05) is 13.8 Å². The van der Waals surface area contributed by atoms with Crippen molar-refractivity contribution in [1.29, 1.82) is 0 Å². The highest BCUT2D eigenvalue weighted by molar-refractivity contribution is 6.57. The summed E-state index contributed by atoms with van der Waals surface area (Å²) in [5, 5.41) is 4.19. The van der Waals surface area contributed by atoms with Crippen molar-refractivity contribution in [2.75, 3.05) is 0 Å². The Morgan fingerprint density at radius 2 is 2.04 bits per heavy atom. The Kier molecular flexibility index (Phi) is 5.49. The van der Waals surface area contributed by atoms with Crippen LogP contribution in [0.2, 0.25) is 0 Å². The van der Waals surface area contributed by atoms with Crippen LogP contribution in [0.3, 0.4) is 0 Å². The number of nitrogens with zero attached hydrogens (tertiary/aromatic N) is 1. The van der Waals surface area contributed by atoms with E-state index < -0.39 is 23.0 Å². The number of carbonyl (C=O) groups is 2. The SMILES string of the molecule is [B]C(=O)N[C@@H]1CC[C@@](C(=O)N2Cc3ccc(C(F)(F)F)cc3CN2)(C(C)C)C1. The highest BCUT2D eigenvalue weighted by Crippen LogP contribution is 2.46. The monoisotopic (exact) mass is 393 g/mol. The van der Waals surface area contributed by atoms with Gasteiger partial charge in [-0.15, -0.1) is 0 Å². The standard InChI is InChI=1S/C19H23BF3N3O2/c1-11(2)18(6-5-15(8-18)25-17(20)28)16(27)26-10-12-3-4-14(19(21,22)23)7-13(12)9-24-26/h3-4,7,11,15,24H,5-6,8-10H2,1-2H3,(H,25,28)/t15-,18+/m1/s1. The average Bonchev–Trinajstić information content (AvgIpc) is 3.04. The van der Waals surface area contributed by atoms with Crippen molar-refractivity contribution in [3.05, 3.63) is 34.9 Å². The van der Waals surface area contributed by atoms with Crippen LogP contribution in [0.1, 0.15) is 49.8 Å². The summed E-state index contributed by atoms with van der Waals surface area (Å²) in [4.78, 5) is 24.5. The molecule has 0 bridgehead atoms. The van der Waals surface area contributed by atoms with Gasteiger partial charge in [-0.1, -0.05) is 19.9 Å². The first-order chi connectivity index (χ1) is 13.0. The lowest BCUT2D eigenvalue weighted by molar-refractivity contribution is -0.150. The van der Waals surface area contributed by atoms with Crippen LogP contribution in [0.5, 0.6) is 0 Å². The minimum atomic E-state index is -4.39. The Morgan fingerprint density at radius 3 is 2.64 bits per heavy atom. The van der Waals surface area contributed by atoms with Gasteiger partial charge in [-0.25, -0.2) is 5.43 Å². The lowest BCUT2D eigenvalue weighted by atomic mass is 9.74. The van der Waals surface area contributed by atoms with Crippen molar-refractivity contribution >= 4 is 19.6 Å². The second kappa shape index (κ2) is 7.42. The van der Waals surface area contributed by atoms with Gasteiger partial charge in [-0.2, -0.15) is 13.2 Å². The number of rotatable bonds is 3. The van der Waals surface area contributed by atoms with Crippen LogP contribution in [-0.2, 0) is 24.1 Å². The molecule has 3 rings (SSSR count). The molecule has 2 amide bonds. The third-order valence-corrected chi connectivity index (χ3v) is 5.99. The molecule has 1 saturated carbocycles. The molecule has 0 unspecified atom stereocenters. The molecule has 1 fully saturated rings. The Morgan fingerprint density at radius 1 is 1.32 bits per heavy atom. The molecule has 9 heteroatoms. The topological polar surface area (TPSA) is 61.4 Å². The largest absolute Gasteiger partial charge is 0.416 e. The second-order valence-corrected chi connectivity index (χ2v) is 7.97. The van der Waals surface area contributed by atoms with E-state index in [0.717, 1.165) is 12.1 Å². The first-order valence-corrected chi connectivity index (χ1v) is 9.33. The molecule has 2 aliphatic rings. The van der Waals surface area contributed by atoms with E-state index in [4.69, 9.17) is 7.85 Å². The second-order valence-electron chi connectivity index (χ2n) is 7.97. The van der Waals surface area contributed by atoms with Crippen molar-refractivity contribution in [3.8, 4) is 0 Å². The van der Waals surface area contributed by atoms with Crippen LogP contribution >= 0.6 is 0 Å². The van der Waals surface area contributed by atoms with Gasteiger partial charge in [0.15, 0.2) is 5.81 Å². The van der Waals surface area contributed by atoms with E-state index in [-0.39, 0.29) is 31.0 Å². The van der Waals surface area contributed by atoms with Gasteiger partial charge in [0.05, 0.1) is 17.5 Å². The summed E-state index contributed by atoms with van der Waals surface area (Å²) in [6, 6.07) is 3.46. The van der Waals surface area contributed by atoms with Crippen LogP contribution < -0.4 is 10.7 Å². The molecule has 1 aliphatic heterocycles. The number of benzene rings is 1. The zero-order valence-corrected chi connectivity index (χ0v) is 15.9. The Hall–Kier alpha value is -2.03. The molecule has 150 valence electrons. The van der Waals surface area contributed by atoms with Crippen molar-refractivity contribution in [2.24, 2.45) is 11.3 Å². The van der Waals surface area contributed by atoms with Gasteiger partial charge in [-0.3, -0.25) is 14.6 Å². The zero-order valence-electron chi connectivity index (χ0n) is 15.9. The summed E-state index contributed by atoms with van der Waals surface area (Å²) in [5.41, 5.74) is 2.87. The lowest BCUT2D eigenvalue weighted by Gasteiger charge is -2.39. The summed E-state index contributed by atoms with van der Waals surface area (Å²) in [6.45, 7) is 4.30. The van der Waals surface area contributed by atoms with Gasteiger partial charge in [0.1, 0.15) is 0 Å². The predicted octanol–water partition coefficient (Wildman–Crippen LogP) is 3.13. The molecule has 0 spiro atoms. The fraction of sp³-hybridized carbons (Fsp3) is 0.579. The molecule has 2 N–H and O–H groups in total. The maximum atomic E-state index is 13.4. The van der Waals surface area contributed by atoms with E-state index in [1.54, 1.807) is 0 Å².